The molecule has 6 heteroatoms. The molecule has 0 radical (unpaired) electrons. The number of anilines is 2. The monoisotopic (exact) mass is 266 g/mol. The van der Waals surface area contributed by atoms with E-state index in [0.29, 0.717) is 13.2 Å². The fraction of sp³-hybridized carbons (Fsp3) is 0.692. The SMILES string of the molecule is CNc1nc(C)nc(NCC2(OC)CCOC2)c1C. The van der Waals surface area contributed by atoms with Gasteiger partial charge in [-0.3, -0.25) is 0 Å². The predicted octanol–water partition coefficient (Wildman–Crippen LogP) is 1.35. The second kappa shape index (κ2) is 5.71. The van der Waals surface area contributed by atoms with Gasteiger partial charge in [-0.05, 0) is 13.8 Å². The Bertz CT molecular complexity index is 445. The van der Waals surface area contributed by atoms with E-state index in [9.17, 15) is 0 Å². The van der Waals surface area contributed by atoms with Gasteiger partial charge in [-0.25, -0.2) is 9.97 Å². The molecule has 106 valence electrons. The Balaban J connectivity index is 2.13. The summed E-state index contributed by atoms with van der Waals surface area (Å²) >= 11 is 0. The Morgan fingerprint density at radius 3 is 2.63 bits per heavy atom. The fourth-order valence-electron chi connectivity index (χ4n) is 2.25. The van der Waals surface area contributed by atoms with Gasteiger partial charge in [0.25, 0.3) is 0 Å². The smallest absolute Gasteiger partial charge is 0.134 e. The number of nitrogens with zero attached hydrogens (tertiary/aromatic N) is 2. The second-order valence-corrected chi connectivity index (χ2v) is 4.89. The normalized spacial score (nSPS) is 22.5. The molecule has 1 saturated heterocycles. The van der Waals surface area contributed by atoms with Crippen LogP contribution in [0.1, 0.15) is 17.8 Å². The molecule has 2 heterocycles. The highest BCUT2D eigenvalue weighted by Crippen LogP contribution is 2.25. The van der Waals surface area contributed by atoms with Gasteiger partial charge in [-0.1, -0.05) is 0 Å². The maximum atomic E-state index is 5.60. The lowest BCUT2D eigenvalue weighted by Gasteiger charge is -2.26. The van der Waals surface area contributed by atoms with Gasteiger partial charge in [0.1, 0.15) is 23.1 Å². The van der Waals surface area contributed by atoms with E-state index >= 15 is 0 Å². The Kier molecular flexibility index (Phi) is 4.21. The lowest BCUT2D eigenvalue weighted by atomic mass is 10.0. The van der Waals surface area contributed by atoms with Crippen LogP contribution < -0.4 is 10.6 Å². The number of hydrogen-bond acceptors (Lipinski definition) is 6. The molecule has 1 aliphatic rings. The summed E-state index contributed by atoms with van der Waals surface area (Å²) in [5.41, 5.74) is 0.767. The quantitative estimate of drug-likeness (QED) is 0.838. The summed E-state index contributed by atoms with van der Waals surface area (Å²) in [5.74, 6) is 2.44. The van der Waals surface area contributed by atoms with Crippen molar-refractivity contribution in [3.05, 3.63) is 11.4 Å². The third kappa shape index (κ3) is 2.96. The summed E-state index contributed by atoms with van der Waals surface area (Å²) in [7, 11) is 3.59. The highest BCUT2D eigenvalue weighted by atomic mass is 16.5. The van der Waals surface area contributed by atoms with Crippen LogP contribution in [-0.4, -0.2) is 49.5 Å². The summed E-state index contributed by atoms with van der Waals surface area (Å²) in [5, 5.41) is 6.45. The lowest BCUT2D eigenvalue weighted by Crippen LogP contribution is -2.40. The van der Waals surface area contributed by atoms with E-state index in [-0.39, 0.29) is 5.60 Å². The molecule has 1 fully saturated rings. The molecule has 2 N–H and O–H groups in total. The highest BCUT2D eigenvalue weighted by Gasteiger charge is 2.35. The molecule has 1 aliphatic heterocycles. The molecule has 0 aromatic carbocycles. The van der Waals surface area contributed by atoms with Crippen molar-refractivity contribution in [2.45, 2.75) is 25.9 Å². The van der Waals surface area contributed by atoms with Crippen LogP contribution >= 0.6 is 0 Å². The standard InChI is InChI=1S/C13H22N4O2/c1-9-11(14-3)16-10(2)17-12(9)15-7-13(18-4)5-6-19-8-13/h5-8H2,1-4H3,(H2,14,15,16,17). The molecule has 6 nitrogen and oxygen atoms in total. The van der Waals surface area contributed by atoms with E-state index in [1.54, 1.807) is 7.11 Å². The molecule has 0 aliphatic carbocycles. The molecule has 1 aromatic rings. The average molecular weight is 266 g/mol. The van der Waals surface area contributed by atoms with Gasteiger partial charge in [0.15, 0.2) is 0 Å². The van der Waals surface area contributed by atoms with Crippen molar-refractivity contribution in [2.75, 3.05) is 44.5 Å². The van der Waals surface area contributed by atoms with Gasteiger partial charge in [-0.15, -0.1) is 0 Å². The third-order valence-electron chi connectivity index (χ3n) is 3.57. The minimum absolute atomic E-state index is 0.245. The Labute approximate surface area is 113 Å². The first-order valence-electron chi connectivity index (χ1n) is 6.50. The Hall–Kier alpha value is -1.40. The van der Waals surface area contributed by atoms with Gasteiger partial charge < -0.3 is 20.1 Å². The maximum absolute atomic E-state index is 5.60. The van der Waals surface area contributed by atoms with Crippen LogP contribution in [0.5, 0.6) is 0 Å². The molecule has 2 rings (SSSR count). The highest BCUT2D eigenvalue weighted by molar-refractivity contribution is 5.57. The number of ether oxygens (including phenoxy) is 2. The van der Waals surface area contributed by atoms with Crippen molar-refractivity contribution in [1.82, 2.24) is 9.97 Å². The minimum atomic E-state index is -0.245. The maximum Gasteiger partial charge on any atom is 0.134 e. The summed E-state index contributed by atoms with van der Waals surface area (Å²) in [6, 6.07) is 0. The molecule has 0 amide bonds. The molecular formula is C13H22N4O2. The molecule has 0 saturated carbocycles. The number of methoxy groups -OCH3 is 1. The van der Waals surface area contributed by atoms with Gasteiger partial charge in [0.2, 0.25) is 0 Å². The second-order valence-electron chi connectivity index (χ2n) is 4.89. The molecular weight excluding hydrogens is 244 g/mol. The minimum Gasteiger partial charge on any atom is -0.378 e. The first kappa shape index (κ1) is 14.0. The van der Waals surface area contributed by atoms with Crippen molar-refractivity contribution in [2.24, 2.45) is 0 Å². The van der Waals surface area contributed by atoms with Crippen molar-refractivity contribution in [3.63, 3.8) is 0 Å². The van der Waals surface area contributed by atoms with E-state index in [0.717, 1.165) is 36.1 Å². The largest absolute Gasteiger partial charge is 0.378 e. The van der Waals surface area contributed by atoms with Crippen LogP contribution in [0.25, 0.3) is 0 Å². The van der Waals surface area contributed by atoms with Crippen LogP contribution in [0, 0.1) is 13.8 Å². The number of hydrogen-bond donors (Lipinski definition) is 2. The van der Waals surface area contributed by atoms with Crippen LogP contribution in [0.4, 0.5) is 11.6 Å². The zero-order valence-electron chi connectivity index (χ0n) is 12.0. The van der Waals surface area contributed by atoms with Gasteiger partial charge in [-0.2, -0.15) is 0 Å². The van der Waals surface area contributed by atoms with E-state index in [1.165, 1.54) is 0 Å². The zero-order chi connectivity index (χ0) is 13.9. The molecule has 19 heavy (non-hydrogen) atoms. The van der Waals surface area contributed by atoms with Crippen molar-refractivity contribution < 1.29 is 9.47 Å². The predicted molar refractivity (Wildman–Crippen MR) is 74.7 cm³/mol. The van der Waals surface area contributed by atoms with Crippen LogP contribution in [0.3, 0.4) is 0 Å². The lowest BCUT2D eigenvalue weighted by molar-refractivity contribution is -0.00626. The topological polar surface area (TPSA) is 68.3 Å². The summed E-state index contributed by atoms with van der Waals surface area (Å²) in [6.07, 6.45) is 0.901. The van der Waals surface area contributed by atoms with E-state index < -0.39 is 0 Å². The Morgan fingerprint density at radius 2 is 2.05 bits per heavy atom. The van der Waals surface area contributed by atoms with Gasteiger partial charge >= 0.3 is 0 Å². The third-order valence-corrected chi connectivity index (χ3v) is 3.57. The Morgan fingerprint density at radius 1 is 1.32 bits per heavy atom. The zero-order valence-corrected chi connectivity index (χ0v) is 12.0. The van der Waals surface area contributed by atoms with Crippen molar-refractivity contribution >= 4 is 11.6 Å². The summed E-state index contributed by atoms with van der Waals surface area (Å²) < 4.78 is 11.0. The molecule has 1 unspecified atom stereocenters. The molecule has 0 bridgehead atoms. The van der Waals surface area contributed by atoms with E-state index in [2.05, 4.69) is 20.6 Å². The first-order chi connectivity index (χ1) is 9.10. The number of rotatable bonds is 5. The van der Waals surface area contributed by atoms with Crippen LogP contribution in [-0.2, 0) is 9.47 Å². The molecule has 1 atom stereocenters. The summed E-state index contributed by atoms with van der Waals surface area (Å²) in [6.45, 7) is 5.94. The van der Waals surface area contributed by atoms with Crippen LogP contribution in [0.2, 0.25) is 0 Å². The van der Waals surface area contributed by atoms with E-state index in [4.69, 9.17) is 9.47 Å². The van der Waals surface area contributed by atoms with Gasteiger partial charge in [0, 0.05) is 39.3 Å². The molecule has 1 aromatic heterocycles. The average Bonchev–Trinajstić information content (AvgIpc) is 2.89. The van der Waals surface area contributed by atoms with Crippen molar-refractivity contribution in [3.8, 4) is 0 Å². The first-order valence-corrected chi connectivity index (χ1v) is 6.50. The summed E-state index contributed by atoms with van der Waals surface area (Å²) in [4.78, 5) is 8.80. The van der Waals surface area contributed by atoms with Crippen LogP contribution in [0.15, 0.2) is 0 Å². The number of nitrogens with one attached hydrogen (secondary N) is 2. The fourth-order valence-corrected chi connectivity index (χ4v) is 2.25. The number of aryl methyl sites for hydroxylation is 1. The number of aromatic nitrogens is 2. The van der Waals surface area contributed by atoms with Gasteiger partial charge in [0.05, 0.1) is 6.61 Å². The molecule has 0 spiro atoms. The van der Waals surface area contributed by atoms with Crippen molar-refractivity contribution in [1.29, 1.82) is 0 Å². The van der Waals surface area contributed by atoms with E-state index in [1.807, 2.05) is 20.9 Å².